The van der Waals surface area contributed by atoms with Gasteiger partial charge in [0.25, 0.3) is 5.56 Å². The lowest BCUT2D eigenvalue weighted by Crippen LogP contribution is -2.29. The molecular weight excluding hydrogens is 435 g/mol. The van der Waals surface area contributed by atoms with Gasteiger partial charge in [-0.3, -0.25) is 4.79 Å². The maximum atomic E-state index is 14.1. The van der Waals surface area contributed by atoms with E-state index in [-0.39, 0.29) is 29.7 Å². The van der Waals surface area contributed by atoms with Crippen LogP contribution in [-0.4, -0.2) is 45.5 Å². The molecule has 0 spiro atoms. The lowest BCUT2D eigenvalue weighted by Gasteiger charge is -2.23. The monoisotopic (exact) mass is 458 g/mol. The number of rotatable bonds is 7. The molecule has 2 N–H and O–H groups in total. The predicted octanol–water partition coefficient (Wildman–Crippen LogP) is 3.66. The SMILES string of the molecule is O=c1c(-c2ccnc(NC3CCOCC3)n2)cccn1[C@H](CCO)c1ccc(Cl)c(F)c1. The van der Waals surface area contributed by atoms with Gasteiger partial charge in [-0.15, -0.1) is 0 Å². The molecule has 1 aliphatic heterocycles. The van der Waals surface area contributed by atoms with Gasteiger partial charge in [0.15, 0.2) is 0 Å². The number of benzene rings is 1. The van der Waals surface area contributed by atoms with Gasteiger partial charge in [-0.25, -0.2) is 14.4 Å². The summed E-state index contributed by atoms with van der Waals surface area (Å²) in [6, 6.07) is 9.18. The molecule has 0 saturated carbocycles. The zero-order valence-corrected chi connectivity index (χ0v) is 18.1. The fourth-order valence-corrected chi connectivity index (χ4v) is 3.98. The van der Waals surface area contributed by atoms with Crippen LogP contribution in [0.4, 0.5) is 10.3 Å². The number of aromatic nitrogens is 3. The average molecular weight is 459 g/mol. The predicted molar refractivity (Wildman–Crippen MR) is 120 cm³/mol. The molecule has 1 saturated heterocycles. The van der Waals surface area contributed by atoms with Gasteiger partial charge in [-0.2, -0.15) is 0 Å². The van der Waals surface area contributed by atoms with Crippen LogP contribution in [0.1, 0.15) is 30.9 Å². The molecule has 0 bridgehead atoms. The molecule has 32 heavy (non-hydrogen) atoms. The summed E-state index contributed by atoms with van der Waals surface area (Å²) in [7, 11) is 0. The minimum absolute atomic E-state index is 0.00291. The summed E-state index contributed by atoms with van der Waals surface area (Å²) >= 11 is 5.81. The molecular formula is C23H24ClFN4O3. The van der Waals surface area contributed by atoms with Crippen LogP contribution in [0.5, 0.6) is 0 Å². The number of anilines is 1. The highest BCUT2D eigenvalue weighted by Gasteiger charge is 2.19. The summed E-state index contributed by atoms with van der Waals surface area (Å²) in [5, 5.41) is 12.9. The van der Waals surface area contributed by atoms with Crippen molar-refractivity contribution in [1.82, 2.24) is 14.5 Å². The van der Waals surface area contributed by atoms with Crippen molar-refractivity contribution in [1.29, 1.82) is 0 Å². The highest BCUT2D eigenvalue weighted by atomic mass is 35.5. The molecule has 4 rings (SSSR count). The van der Waals surface area contributed by atoms with Crippen molar-refractivity contribution in [3.63, 3.8) is 0 Å². The lowest BCUT2D eigenvalue weighted by molar-refractivity contribution is 0.0903. The van der Waals surface area contributed by atoms with Crippen LogP contribution in [0.2, 0.25) is 5.02 Å². The van der Waals surface area contributed by atoms with E-state index in [1.54, 1.807) is 36.7 Å². The van der Waals surface area contributed by atoms with Crippen LogP contribution in [0.3, 0.4) is 0 Å². The number of ether oxygens (including phenoxy) is 1. The van der Waals surface area contributed by atoms with Crippen LogP contribution < -0.4 is 10.9 Å². The smallest absolute Gasteiger partial charge is 0.260 e. The maximum Gasteiger partial charge on any atom is 0.260 e. The largest absolute Gasteiger partial charge is 0.396 e. The molecule has 0 unspecified atom stereocenters. The van der Waals surface area contributed by atoms with Gasteiger partial charge < -0.3 is 19.7 Å². The number of nitrogens with zero attached hydrogens (tertiary/aromatic N) is 3. The number of hydrogen-bond donors (Lipinski definition) is 2. The summed E-state index contributed by atoms with van der Waals surface area (Å²) in [5.74, 6) is -0.119. The standard InChI is InChI=1S/C23H24ClFN4O3/c24-18-4-3-15(14-19(18)25)21(6-11-30)29-10-1-2-17(22(29)31)20-5-9-26-23(28-20)27-16-7-12-32-13-8-16/h1-5,9-10,14,16,21,30H,6-8,11-13H2,(H,26,27,28)/t21-/m1/s1. The summed E-state index contributed by atoms with van der Waals surface area (Å²) in [4.78, 5) is 22.2. The molecule has 2 aromatic heterocycles. The fourth-order valence-electron chi connectivity index (χ4n) is 3.86. The van der Waals surface area contributed by atoms with E-state index < -0.39 is 11.9 Å². The molecule has 1 aromatic carbocycles. The third kappa shape index (κ3) is 4.98. The number of aliphatic hydroxyl groups is 1. The van der Waals surface area contributed by atoms with Crippen molar-refractivity contribution >= 4 is 17.5 Å². The Balaban J connectivity index is 1.67. The van der Waals surface area contributed by atoms with Crippen molar-refractivity contribution in [3.8, 4) is 11.3 Å². The molecule has 0 aliphatic carbocycles. The van der Waals surface area contributed by atoms with E-state index in [0.717, 1.165) is 12.8 Å². The van der Waals surface area contributed by atoms with Crippen LogP contribution in [0, 0.1) is 5.82 Å². The minimum Gasteiger partial charge on any atom is -0.396 e. The van der Waals surface area contributed by atoms with Crippen LogP contribution >= 0.6 is 11.6 Å². The summed E-state index contributed by atoms with van der Waals surface area (Å²) < 4.78 is 20.9. The molecule has 3 aromatic rings. The van der Waals surface area contributed by atoms with Gasteiger partial charge in [-0.05, 0) is 55.2 Å². The molecule has 1 fully saturated rings. The van der Waals surface area contributed by atoms with Crippen molar-refractivity contribution in [2.24, 2.45) is 0 Å². The second-order valence-electron chi connectivity index (χ2n) is 7.63. The maximum absolute atomic E-state index is 14.1. The fraction of sp³-hybridized carbons (Fsp3) is 0.348. The summed E-state index contributed by atoms with van der Waals surface area (Å²) in [5.41, 5.74) is 1.13. The second kappa shape index (κ2) is 10.2. The Hall–Kier alpha value is -2.81. The first kappa shape index (κ1) is 22.4. The first-order chi connectivity index (χ1) is 15.6. The molecule has 1 aliphatic rings. The second-order valence-corrected chi connectivity index (χ2v) is 8.04. The van der Waals surface area contributed by atoms with E-state index in [9.17, 15) is 14.3 Å². The highest BCUT2D eigenvalue weighted by Crippen LogP contribution is 2.26. The van der Waals surface area contributed by atoms with Crippen molar-refractivity contribution in [2.45, 2.75) is 31.3 Å². The molecule has 168 valence electrons. The van der Waals surface area contributed by atoms with E-state index >= 15 is 0 Å². The Morgan fingerprint density at radius 2 is 2.09 bits per heavy atom. The lowest BCUT2D eigenvalue weighted by atomic mass is 10.0. The third-order valence-corrected chi connectivity index (χ3v) is 5.83. The van der Waals surface area contributed by atoms with Gasteiger partial charge in [-0.1, -0.05) is 17.7 Å². The van der Waals surface area contributed by atoms with Gasteiger partial charge in [0.2, 0.25) is 5.95 Å². The number of aliphatic hydroxyl groups excluding tert-OH is 1. The van der Waals surface area contributed by atoms with E-state index in [2.05, 4.69) is 15.3 Å². The van der Waals surface area contributed by atoms with E-state index in [0.29, 0.717) is 36.0 Å². The number of hydrogen-bond acceptors (Lipinski definition) is 6. The Morgan fingerprint density at radius 3 is 2.84 bits per heavy atom. The molecule has 0 amide bonds. The normalized spacial score (nSPS) is 15.5. The Kier molecular flexibility index (Phi) is 7.14. The highest BCUT2D eigenvalue weighted by molar-refractivity contribution is 6.30. The Bertz CT molecular complexity index is 1130. The Labute approximate surface area is 189 Å². The number of pyridine rings is 1. The number of halogens is 2. The summed E-state index contributed by atoms with van der Waals surface area (Å²) in [6.07, 6.45) is 5.21. The van der Waals surface area contributed by atoms with Crippen molar-refractivity contribution < 1.29 is 14.2 Å². The molecule has 0 radical (unpaired) electrons. The van der Waals surface area contributed by atoms with E-state index in [1.165, 1.54) is 16.7 Å². The van der Waals surface area contributed by atoms with Crippen molar-refractivity contribution in [3.05, 3.63) is 75.5 Å². The first-order valence-electron chi connectivity index (χ1n) is 10.5. The van der Waals surface area contributed by atoms with Gasteiger partial charge in [0.1, 0.15) is 5.82 Å². The van der Waals surface area contributed by atoms with Crippen molar-refractivity contribution in [2.75, 3.05) is 25.1 Å². The van der Waals surface area contributed by atoms with Gasteiger partial charge in [0, 0.05) is 38.3 Å². The molecule has 1 atom stereocenters. The Morgan fingerprint density at radius 1 is 1.28 bits per heavy atom. The van der Waals surface area contributed by atoms with Gasteiger partial charge >= 0.3 is 0 Å². The number of nitrogens with one attached hydrogen (secondary N) is 1. The van der Waals surface area contributed by atoms with Crippen LogP contribution in [0.15, 0.2) is 53.6 Å². The van der Waals surface area contributed by atoms with E-state index in [4.69, 9.17) is 16.3 Å². The van der Waals surface area contributed by atoms with Crippen LogP contribution in [-0.2, 0) is 4.74 Å². The average Bonchev–Trinajstić information content (AvgIpc) is 2.81. The quantitative estimate of drug-likeness (QED) is 0.561. The zero-order chi connectivity index (χ0) is 22.5. The van der Waals surface area contributed by atoms with Crippen LogP contribution in [0.25, 0.3) is 11.3 Å². The minimum atomic E-state index is -0.573. The molecule has 3 heterocycles. The molecule has 7 nitrogen and oxygen atoms in total. The topological polar surface area (TPSA) is 89.3 Å². The third-order valence-electron chi connectivity index (χ3n) is 5.53. The first-order valence-corrected chi connectivity index (χ1v) is 10.9. The van der Waals surface area contributed by atoms with E-state index in [1.807, 2.05) is 0 Å². The zero-order valence-electron chi connectivity index (χ0n) is 17.4. The van der Waals surface area contributed by atoms with Gasteiger partial charge in [0.05, 0.1) is 22.3 Å². The summed E-state index contributed by atoms with van der Waals surface area (Å²) in [6.45, 7) is 1.22. The molecule has 9 heteroatoms.